The first-order valence-corrected chi connectivity index (χ1v) is 7.93. The van der Waals surface area contributed by atoms with Crippen molar-refractivity contribution in [2.75, 3.05) is 20.8 Å². The molecule has 5 heteroatoms. The molecule has 24 heavy (non-hydrogen) atoms. The van der Waals surface area contributed by atoms with Gasteiger partial charge in [-0.1, -0.05) is 30.3 Å². The van der Waals surface area contributed by atoms with Gasteiger partial charge in [-0.05, 0) is 30.2 Å². The van der Waals surface area contributed by atoms with Crippen LogP contribution in [0.1, 0.15) is 18.1 Å². The zero-order valence-electron chi connectivity index (χ0n) is 14.4. The molecule has 2 N–H and O–H groups in total. The van der Waals surface area contributed by atoms with Crippen molar-refractivity contribution in [2.45, 2.75) is 26.1 Å². The molecule has 0 unspecified atom stereocenters. The molecule has 130 valence electrons. The first kappa shape index (κ1) is 18.1. The second-order valence-corrected chi connectivity index (χ2v) is 5.57. The standard InChI is InChI=1S/C19H25NO4/c1-14(12-21)20-11-16-9-17(22-2)19(18(10-16)23-3)24-13-15-7-5-4-6-8-15/h4-10,14,20-21H,11-13H2,1-3H3/t14-/m1/s1. The molecule has 0 saturated heterocycles. The number of nitrogens with one attached hydrogen (secondary N) is 1. The zero-order chi connectivity index (χ0) is 17.4. The summed E-state index contributed by atoms with van der Waals surface area (Å²) in [5.41, 5.74) is 2.07. The number of benzene rings is 2. The average molecular weight is 331 g/mol. The molecule has 0 fully saturated rings. The van der Waals surface area contributed by atoms with E-state index in [1.54, 1.807) is 14.2 Å². The summed E-state index contributed by atoms with van der Waals surface area (Å²) in [5, 5.41) is 12.3. The topological polar surface area (TPSA) is 60.0 Å². The lowest BCUT2D eigenvalue weighted by Gasteiger charge is -2.17. The minimum Gasteiger partial charge on any atom is -0.493 e. The first-order valence-electron chi connectivity index (χ1n) is 7.93. The van der Waals surface area contributed by atoms with Gasteiger partial charge < -0.3 is 24.6 Å². The normalized spacial score (nSPS) is 11.8. The van der Waals surface area contributed by atoms with Gasteiger partial charge in [0.15, 0.2) is 11.5 Å². The fourth-order valence-electron chi connectivity index (χ4n) is 2.26. The Kier molecular flexibility index (Phi) is 6.90. The fraction of sp³-hybridized carbons (Fsp3) is 0.368. The van der Waals surface area contributed by atoms with E-state index >= 15 is 0 Å². The van der Waals surface area contributed by atoms with E-state index in [-0.39, 0.29) is 12.6 Å². The maximum absolute atomic E-state index is 9.10. The number of aliphatic hydroxyl groups excluding tert-OH is 1. The van der Waals surface area contributed by atoms with Crippen LogP contribution in [0, 0.1) is 0 Å². The molecular weight excluding hydrogens is 306 g/mol. The molecule has 2 aromatic rings. The van der Waals surface area contributed by atoms with Gasteiger partial charge >= 0.3 is 0 Å². The summed E-state index contributed by atoms with van der Waals surface area (Å²) in [6.07, 6.45) is 0. The molecule has 2 rings (SSSR count). The van der Waals surface area contributed by atoms with Crippen molar-refractivity contribution in [1.29, 1.82) is 0 Å². The molecule has 0 aliphatic rings. The van der Waals surface area contributed by atoms with E-state index in [4.69, 9.17) is 19.3 Å². The molecule has 0 saturated carbocycles. The molecule has 0 aliphatic carbocycles. The van der Waals surface area contributed by atoms with E-state index in [1.807, 2.05) is 49.4 Å². The summed E-state index contributed by atoms with van der Waals surface area (Å²) in [7, 11) is 3.22. The van der Waals surface area contributed by atoms with Gasteiger partial charge in [0, 0.05) is 12.6 Å². The summed E-state index contributed by atoms with van der Waals surface area (Å²) in [6, 6.07) is 13.8. The van der Waals surface area contributed by atoms with Gasteiger partial charge in [0.2, 0.25) is 5.75 Å². The van der Waals surface area contributed by atoms with Crippen LogP contribution in [0.25, 0.3) is 0 Å². The highest BCUT2D eigenvalue weighted by Crippen LogP contribution is 2.39. The molecule has 0 aliphatic heterocycles. The van der Waals surface area contributed by atoms with Gasteiger partial charge in [0.1, 0.15) is 6.61 Å². The molecule has 0 heterocycles. The summed E-state index contributed by atoms with van der Waals surface area (Å²) in [5.74, 6) is 1.83. The van der Waals surface area contributed by atoms with Crippen LogP contribution in [0.15, 0.2) is 42.5 Å². The Morgan fingerprint density at radius 1 is 1.00 bits per heavy atom. The maximum atomic E-state index is 9.10. The van der Waals surface area contributed by atoms with E-state index in [0.29, 0.717) is 30.4 Å². The monoisotopic (exact) mass is 331 g/mol. The van der Waals surface area contributed by atoms with E-state index in [1.165, 1.54) is 0 Å². The lowest BCUT2D eigenvalue weighted by Crippen LogP contribution is -2.28. The number of hydrogen-bond donors (Lipinski definition) is 2. The molecule has 0 aromatic heterocycles. The molecule has 0 bridgehead atoms. The quantitative estimate of drug-likeness (QED) is 0.740. The van der Waals surface area contributed by atoms with Gasteiger partial charge in [-0.25, -0.2) is 0 Å². The summed E-state index contributed by atoms with van der Waals surface area (Å²) in [6.45, 7) is 3.05. The number of methoxy groups -OCH3 is 2. The Morgan fingerprint density at radius 3 is 2.17 bits per heavy atom. The van der Waals surface area contributed by atoms with Crippen molar-refractivity contribution in [3.8, 4) is 17.2 Å². The van der Waals surface area contributed by atoms with E-state index in [0.717, 1.165) is 11.1 Å². The second kappa shape index (κ2) is 9.15. The Balaban J connectivity index is 2.17. The molecule has 5 nitrogen and oxygen atoms in total. The third kappa shape index (κ3) is 4.88. The molecular formula is C19H25NO4. The molecule has 0 amide bonds. The van der Waals surface area contributed by atoms with Gasteiger partial charge in [0.05, 0.1) is 20.8 Å². The third-order valence-electron chi connectivity index (χ3n) is 3.67. The van der Waals surface area contributed by atoms with Crippen LogP contribution in [-0.2, 0) is 13.2 Å². The Morgan fingerprint density at radius 2 is 1.62 bits per heavy atom. The van der Waals surface area contributed by atoms with Crippen molar-refractivity contribution in [1.82, 2.24) is 5.32 Å². The van der Waals surface area contributed by atoms with Crippen molar-refractivity contribution < 1.29 is 19.3 Å². The average Bonchev–Trinajstić information content (AvgIpc) is 2.64. The van der Waals surface area contributed by atoms with Crippen molar-refractivity contribution in [2.24, 2.45) is 0 Å². The van der Waals surface area contributed by atoms with Crippen molar-refractivity contribution in [3.05, 3.63) is 53.6 Å². The summed E-state index contributed by atoms with van der Waals surface area (Å²) in [4.78, 5) is 0. The van der Waals surface area contributed by atoms with Gasteiger partial charge in [-0.3, -0.25) is 0 Å². The third-order valence-corrected chi connectivity index (χ3v) is 3.67. The molecule has 1 atom stereocenters. The minimum absolute atomic E-state index is 0.0241. The number of rotatable bonds is 9. The van der Waals surface area contributed by atoms with Gasteiger partial charge in [0.25, 0.3) is 0 Å². The number of aliphatic hydroxyl groups is 1. The minimum atomic E-state index is 0.0241. The number of ether oxygens (including phenoxy) is 3. The van der Waals surface area contributed by atoms with Crippen LogP contribution in [0.3, 0.4) is 0 Å². The molecule has 2 aromatic carbocycles. The van der Waals surface area contributed by atoms with Crippen LogP contribution >= 0.6 is 0 Å². The van der Waals surface area contributed by atoms with Crippen molar-refractivity contribution in [3.63, 3.8) is 0 Å². The predicted octanol–water partition coefficient (Wildman–Crippen LogP) is 2.75. The van der Waals surface area contributed by atoms with E-state index < -0.39 is 0 Å². The summed E-state index contributed by atoms with van der Waals surface area (Å²) >= 11 is 0. The zero-order valence-corrected chi connectivity index (χ0v) is 14.4. The lowest BCUT2D eigenvalue weighted by molar-refractivity contribution is 0.250. The highest BCUT2D eigenvalue weighted by molar-refractivity contribution is 5.54. The SMILES string of the molecule is COc1cc(CN[C@H](C)CO)cc(OC)c1OCc1ccccc1. The smallest absolute Gasteiger partial charge is 0.203 e. The Bertz CT molecular complexity index is 606. The molecule has 0 spiro atoms. The highest BCUT2D eigenvalue weighted by atomic mass is 16.5. The Hall–Kier alpha value is -2.24. The van der Waals surface area contributed by atoms with Crippen LogP contribution in [0.2, 0.25) is 0 Å². The predicted molar refractivity (Wildman–Crippen MR) is 93.7 cm³/mol. The Labute approximate surface area is 143 Å². The maximum Gasteiger partial charge on any atom is 0.203 e. The van der Waals surface area contributed by atoms with Crippen LogP contribution < -0.4 is 19.5 Å². The van der Waals surface area contributed by atoms with E-state index in [9.17, 15) is 0 Å². The number of hydrogen-bond acceptors (Lipinski definition) is 5. The highest BCUT2D eigenvalue weighted by Gasteiger charge is 2.15. The molecule has 0 radical (unpaired) electrons. The van der Waals surface area contributed by atoms with E-state index in [2.05, 4.69) is 5.32 Å². The van der Waals surface area contributed by atoms with Crippen LogP contribution in [0.4, 0.5) is 0 Å². The van der Waals surface area contributed by atoms with Gasteiger partial charge in [-0.2, -0.15) is 0 Å². The van der Waals surface area contributed by atoms with Crippen LogP contribution in [0.5, 0.6) is 17.2 Å². The summed E-state index contributed by atoms with van der Waals surface area (Å²) < 4.78 is 16.9. The van der Waals surface area contributed by atoms with Gasteiger partial charge in [-0.15, -0.1) is 0 Å². The fourth-order valence-corrected chi connectivity index (χ4v) is 2.26. The van der Waals surface area contributed by atoms with Crippen molar-refractivity contribution >= 4 is 0 Å². The van der Waals surface area contributed by atoms with Crippen LogP contribution in [-0.4, -0.2) is 32.0 Å². The largest absolute Gasteiger partial charge is 0.493 e. The lowest BCUT2D eigenvalue weighted by atomic mass is 10.1. The second-order valence-electron chi connectivity index (χ2n) is 5.57. The first-order chi connectivity index (χ1) is 11.7.